The molecule has 2 atom stereocenters. The molecule has 0 saturated carbocycles. The van der Waals surface area contributed by atoms with E-state index in [1.165, 1.54) is 11.1 Å². The van der Waals surface area contributed by atoms with E-state index in [4.69, 9.17) is 0 Å². The summed E-state index contributed by atoms with van der Waals surface area (Å²) in [6, 6.07) is 0. The van der Waals surface area contributed by atoms with Crippen molar-refractivity contribution < 1.29 is 5.11 Å². The third kappa shape index (κ3) is 1.93. The first kappa shape index (κ1) is 8.54. The van der Waals surface area contributed by atoms with Crippen molar-refractivity contribution in [1.82, 2.24) is 0 Å². The topological polar surface area (TPSA) is 20.2 Å². The van der Waals surface area contributed by atoms with Crippen LogP contribution in [-0.2, 0) is 0 Å². The summed E-state index contributed by atoms with van der Waals surface area (Å²) in [6.45, 7) is 8.06. The molecular weight excluding hydrogens is 136 g/mol. The zero-order chi connectivity index (χ0) is 8.43. The first-order chi connectivity index (χ1) is 5.11. The van der Waals surface area contributed by atoms with Crippen LogP contribution in [0.1, 0.15) is 26.7 Å². The maximum atomic E-state index is 9.27. The summed E-state index contributed by atoms with van der Waals surface area (Å²) in [6.07, 6.45) is 3.67. The number of hydrogen-bond acceptors (Lipinski definition) is 1. The molecule has 0 bridgehead atoms. The summed E-state index contributed by atoms with van der Waals surface area (Å²) in [5, 5.41) is 9.27. The first-order valence-corrected chi connectivity index (χ1v) is 4.13. The van der Waals surface area contributed by atoms with Gasteiger partial charge in [0, 0.05) is 5.92 Å². The number of hydrogen-bond donors (Lipinski definition) is 1. The lowest BCUT2D eigenvalue weighted by Gasteiger charge is -2.24. The van der Waals surface area contributed by atoms with Gasteiger partial charge in [0.1, 0.15) is 0 Å². The minimum Gasteiger partial charge on any atom is -0.389 e. The Kier molecular flexibility index (Phi) is 2.50. The summed E-state index contributed by atoms with van der Waals surface area (Å²) in [5.74, 6) is 0.512. The van der Waals surface area contributed by atoms with Gasteiger partial charge in [-0.15, -0.1) is 0 Å². The minimum absolute atomic E-state index is 0.217. The van der Waals surface area contributed by atoms with E-state index in [0.29, 0.717) is 5.92 Å². The van der Waals surface area contributed by atoms with Gasteiger partial charge < -0.3 is 5.11 Å². The third-order valence-electron chi connectivity index (χ3n) is 2.35. The Hall–Kier alpha value is -0.560. The van der Waals surface area contributed by atoms with Gasteiger partial charge in [-0.2, -0.15) is 0 Å². The predicted molar refractivity (Wildman–Crippen MR) is 47.3 cm³/mol. The van der Waals surface area contributed by atoms with Crippen LogP contribution in [-0.4, -0.2) is 11.2 Å². The molecule has 1 N–H and O–H groups in total. The summed E-state index contributed by atoms with van der Waals surface area (Å²) in [4.78, 5) is 0. The highest BCUT2D eigenvalue weighted by atomic mass is 16.3. The van der Waals surface area contributed by atoms with Crippen LogP contribution in [0.3, 0.4) is 0 Å². The van der Waals surface area contributed by atoms with Gasteiger partial charge in [-0.1, -0.05) is 23.8 Å². The molecule has 1 rings (SSSR count). The average molecular weight is 152 g/mol. The van der Waals surface area contributed by atoms with Crippen molar-refractivity contribution in [2.75, 3.05) is 0 Å². The van der Waals surface area contributed by atoms with Gasteiger partial charge in [0.25, 0.3) is 0 Å². The van der Waals surface area contributed by atoms with Crippen LogP contribution in [0.4, 0.5) is 0 Å². The smallest absolute Gasteiger partial charge is 0.0724 e. The lowest BCUT2D eigenvalue weighted by molar-refractivity contribution is 0.195. The molecule has 0 heterocycles. The number of allylic oxidation sites excluding steroid dienone is 2. The van der Waals surface area contributed by atoms with Crippen LogP contribution in [0.5, 0.6) is 0 Å². The Morgan fingerprint density at radius 3 is 2.73 bits per heavy atom. The van der Waals surface area contributed by atoms with E-state index < -0.39 is 0 Å². The van der Waals surface area contributed by atoms with Gasteiger partial charge in [-0.25, -0.2) is 0 Å². The average Bonchev–Trinajstić information content (AvgIpc) is 1.85. The Labute approximate surface area is 68.4 Å². The van der Waals surface area contributed by atoms with E-state index in [0.717, 1.165) is 12.8 Å². The predicted octanol–water partition coefficient (Wildman–Crippen LogP) is 2.28. The molecule has 0 unspecified atom stereocenters. The maximum absolute atomic E-state index is 9.27. The molecule has 1 aliphatic carbocycles. The second-order valence-electron chi connectivity index (χ2n) is 3.45. The van der Waals surface area contributed by atoms with Crippen LogP contribution < -0.4 is 0 Å². The normalized spacial score (nSPS) is 31.4. The van der Waals surface area contributed by atoms with E-state index >= 15 is 0 Å². The maximum Gasteiger partial charge on any atom is 0.0724 e. The van der Waals surface area contributed by atoms with E-state index in [-0.39, 0.29) is 6.10 Å². The molecule has 0 spiro atoms. The van der Waals surface area contributed by atoms with Crippen molar-refractivity contribution in [2.24, 2.45) is 5.92 Å². The molecule has 0 saturated heterocycles. The number of rotatable bonds is 1. The second kappa shape index (κ2) is 3.22. The molecule has 0 fully saturated rings. The first-order valence-electron chi connectivity index (χ1n) is 4.13. The summed E-state index contributed by atoms with van der Waals surface area (Å²) in [7, 11) is 0. The zero-order valence-electron chi connectivity index (χ0n) is 7.30. The van der Waals surface area contributed by atoms with Crippen molar-refractivity contribution in [3.8, 4) is 0 Å². The molecule has 1 aliphatic rings. The number of aliphatic hydroxyl groups excluding tert-OH is 1. The van der Waals surface area contributed by atoms with E-state index in [1.807, 2.05) is 6.08 Å². The lowest BCUT2D eigenvalue weighted by Crippen LogP contribution is -2.16. The van der Waals surface area contributed by atoms with Gasteiger partial charge in [0.2, 0.25) is 0 Å². The molecule has 1 heteroatoms. The van der Waals surface area contributed by atoms with Crippen LogP contribution in [0.2, 0.25) is 0 Å². The highest BCUT2D eigenvalue weighted by molar-refractivity contribution is 5.19. The molecule has 62 valence electrons. The second-order valence-corrected chi connectivity index (χ2v) is 3.45. The van der Waals surface area contributed by atoms with Gasteiger partial charge in [0.15, 0.2) is 0 Å². The van der Waals surface area contributed by atoms with Gasteiger partial charge in [-0.05, 0) is 26.7 Å². The SMILES string of the molecule is C=C(C)[C@@H]1CC[C@H](O)C=C1C. The van der Waals surface area contributed by atoms with E-state index in [2.05, 4.69) is 20.4 Å². The van der Waals surface area contributed by atoms with Crippen LogP contribution in [0.25, 0.3) is 0 Å². The fourth-order valence-corrected chi connectivity index (χ4v) is 1.70. The molecule has 11 heavy (non-hydrogen) atoms. The van der Waals surface area contributed by atoms with Crippen molar-refractivity contribution >= 4 is 0 Å². The Morgan fingerprint density at radius 1 is 1.64 bits per heavy atom. The Balaban J connectivity index is 2.72. The third-order valence-corrected chi connectivity index (χ3v) is 2.35. The summed E-state index contributed by atoms with van der Waals surface area (Å²) < 4.78 is 0. The molecule has 0 amide bonds. The molecule has 1 nitrogen and oxygen atoms in total. The van der Waals surface area contributed by atoms with Crippen molar-refractivity contribution in [3.05, 3.63) is 23.8 Å². The summed E-state index contributed by atoms with van der Waals surface area (Å²) in [5.41, 5.74) is 2.49. The fraction of sp³-hybridized carbons (Fsp3) is 0.600. The zero-order valence-corrected chi connectivity index (χ0v) is 7.30. The highest BCUT2D eigenvalue weighted by Gasteiger charge is 2.18. The summed E-state index contributed by atoms with van der Waals surface area (Å²) >= 11 is 0. The minimum atomic E-state index is -0.217. The highest BCUT2D eigenvalue weighted by Crippen LogP contribution is 2.29. The van der Waals surface area contributed by atoms with E-state index in [1.54, 1.807) is 0 Å². The molecule has 0 aromatic rings. The molecular formula is C10H16O. The number of aliphatic hydroxyl groups is 1. The van der Waals surface area contributed by atoms with Crippen molar-refractivity contribution in [3.63, 3.8) is 0 Å². The standard InChI is InChI=1S/C10H16O/c1-7(2)10-5-4-9(11)6-8(10)3/h6,9-11H,1,4-5H2,2-3H3/t9-,10-/m0/s1. The van der Waals surface area contributed by atoms with Crippen molar-refractivity contribution in [2.45, 2.75) is 32.8 Å². The van der Waals surface area contributed by atoms with Crippen LogP contribution in [0.15, 0.2) is 23.8 Å². The Bertz CT molecular complexity index is 191. The Morgan fingerprint density at radius 2 is 2.27 bits per heavy atom. The van der Waals surface area contributed by atoms with Crippen LogP contribution in [0, 0.1) is 5.92 Å². The quantitative estimate of drug-likeness (QED) is 0.571. The monoisotopic (exact) mass is 152 g/mol. The molecule has 0 aliphatic heterocycles. The van der Waals surface area contributed by atoms with Gasteiger partial charge in [-0.3, -0.25) is 0 Å². The fourth-order valence-electron chi connectivity index (χ4n) is 1.70. The molecule has 0 aromatic carbocycles. The molecule has 0 aromatic heterocycles. The molecule has 0 radical (unpaired) electrons. The van der Waals surface area contributed by atoms with Gasteiger partial charge in [0.05, 0.1) is 6.10 Å². The largest absolute Gasteiger partial charge is 0.389 e. The van der Waals surface area contributed by atoms with Crippen LogP contribution >= 0.6 is 0 Å². The lowest BCUT2D eigenvalue weighted by atomic mass is 9.83. The van der Waals surface area contributed by atoms with E-state index in [9.17, 15) is 5.11 Å². The van der Waals surface area contributed by atoms with Gasteiger partial charge >= 0.3 is 0 Å². The van der Waals surface area contributed by atoms with Crippen molar-refractivity contribution in [1.29, 1.82) is 0 Å².